The van der Waals surface area contributed by atoms with Gasteiger partial charge >= 0.3 is 6.09 Å². The van der Waals surface area contributed by atoms with Crippen molar-refractivity contribution < 1.29 is 40.6 Å². The first-order valence-corrected chi connectivity index (χ1v) is 19.1. The van der Waals surface area contributed by atoms with Gasteiger partial charge < -0.3 is 23.8 Å². The van der Waals surface area contributed by atoms with Crippen LogP contribution in [0.2, 0.25) is 0 Å². The third kappa shape index (κ3) is 10.2. The first kappa shape index (κ1) is 36.2. The van der Waals surface area contributed by atoms with Crippen LogP contribution in [0.5, 0.6) is 5.75 Å². The number of unbranched alkanes of at least 4 members (excludes halogenated alkanes) is 3. The standard InChI is InChI=1S/C35H41N3O9S2/c1-35(2)45-25-28-22-27(16-17-32(28)47-35)33-24-38(34(39)46-33)18-6-3-4-7-19-44-20-8-5-11-26-12-9-15-31(21-26)49(42,43)37-29-13-10-14-30(23-29)48(36,40)41/h9-10,12-17,21-23,33,37H,3-4,6-8,18-20,24-25H2,1-2H3,(H2,36,40,41)/t33-/m0/s1. The van der Waals surface area contributed by atoms with E-state index in [-0.39, 0.29) is 27.7 Å². The first-order valence-electron chi connectivity index (χ1n) is 16.0. The number of benzene rings is 3. The van der Waals surface area contributed by atoms with Crippen LogP contribution in [-0.2, 0) is 40.9 Å². The number of nitrogens with one attached hydrogen (secondary N) is 1. The number of carbonyl (C=O) groups is 1. The lowest BCUT2D eigenvalue weighted by Gasteiger charge is -2.32. The Morgan fingerprint density at radius 1 is 0.959 bits per heavy atom. The Morgan fingerprint density at radius 2 is 1.73 bits per heavy atom. The van der Waals surface area contributed by atoms with E-state index in [1.165, 1.54) is 30.3 Å². The second-order valence-corrected chi connectivity index (χ2v) is 15.5. The van der Waals surface area contributed by atoms with E-state index in [2.05, 4.69) is 16.6 Å². The molecule has 1 fully saturated rings. The van der Waals surface area contributed by atoms with Crippen LogP contribution < -0.4 is 14.6 Å². The first-order chi connectivity index (χ1) is 23.3. The van der Waals surface area contributed by atoms with Gasteiger partial charge in [-0.1, -0.05) is 42.9 Å². The molecule has 2 aliphatic rings. The van der Waals surface area contributed by atoms with Crippen LogP contribution in [0.1, 0.15) is 68.7 Å². The topological polar surface area (TPSA) is 164 Å². The fourth-order valence-electron chi connectivity index (χ4n) is 5.36. The second kappa shape index (κ2) is 15.6. The summed E-state index contributed by atoms with van der Waals surface area (Å²) in [4.78, 5) is 14.0. The minimum atomic E-state index is -3.99. The Labute approximate surface area is 288 Å². The molecule has 1 saturated heterocycles. The largest absolute Gasteiger partial charge is 0.463 e. The maximum atomic E-state index is 12.9. The van der Waals surface area contributed by atoms with Crippen LogP contribution in [0, 0.1) is 11.8 Å². The van der Waals surface area contributed by atoms with Gasteiger partial charge in [0.2, 0.25) is 15.8 Å². The summed E-state index contributed by atoms with van der Waals surface area (Å²) < 4.78 is 74.2. The molecule has 0 aromatic heterocycles. The molecule has 0 saturated carbocycles. The summed E-state index contributed by atoms with van der Waals surface area (Å²) in [5, 5.41) is 5.14. The van der Waals surface area contributed by atoms with E-state index in [0.717, 1.165) is 48.6 Å². The molecule has 12 nitrogen and oxygen atoms in total. The summed E-state index contributed by atoms with van der Waals surface area (Å²) in [7, 11) is -7.97. The molecule has 14 heteroatoms. The molecule has 49 heavy (non-hydrogen) atoms. The highest BCUT2D eigenvalue weighted by atomic mass is 32.2. The molecule has 1 amide bonds. The third-order valence-electron chi connectivity index (χ3n) is 7.90. The number of cyclic esters (lactones) is 1. The molecule has 1 atom stereocenters. The predicted octanol–water partition coefficient (Wildman–Crippen LogP) is 5.29. The van der Waals surface area contributed by atoms with Gasteiger partial charge in [0.15, 0.2) is 0 Å². The number of rotatable bonds is 14. The molecule has 0 bridgehead atoms. The van der Waals surface area contributed by atoms with E-state index in [9.17, 15) is 21.6 Å². The van der Waals surface area contributed by atoms with Crippen LogP contribution >= 0.6 is 0 Å². The number of primary sulfonamides is 1. The van der Waals surface area contributed by atoms with Crippen molar-refractivity contribution in [3.05, 3.63) is 83.4 Å². The molecule has 3 aromatic rings. The number of nitrogens with two attached hydrogens (primary N) is 1. The van der Waals surface area contributed by atoms with E-state index in [0.29, 0.717) is 44.9 Å². The Hall–Kier alpha value is -4.13. The zero-order valence-electron chi connectivity index (χ0n) is 27.5. The summed E-state index contributed by atoms with van der Waals surface area (Å²) in [6.45, 7) is 6.41. The molecule has 3 N–H and O–H groups in total. The maximum Gasteiger partial charge on any atom is 0.410 e. The van der Waals surface area contributed by atoms with E-state index in [1.807, 2.05) is 32.0 Å². The summed E-state index contributed by atoms with van der Waals surface area (Å²) in [6, 6.07) is 17.3. The monoisotopic (exact) mass is 711 g/mol. The Morgan fingerprint density at radius 3 is 2.55 bits per heavy atom. The van der Waals surface area contributed by atoms with Crippen molar-refractivity contribution in [3.63, 3.8) is 0 Å². The molecular weight excluding hydrogens is 671 g/mol. The lowest BCUT2D eigenvalue weighted by atomic mass is 10.0. The van der Waals surface area contributed by atoms with Crippen molar-refractivity contribution in [1.29, 1.82) is 0 Å². The fraction of sp³-hybridized carbons (Fsp3) is 0.400. The van der Waals surface area contributed by atoms with Gasteiger partial charge in [-0.3, -0.25) is 4.72 Å². The Kier molecular flexibility index (Phi) is 11.5. The Bertz CT molecular complexity index is 1940. The number of carbonyl (C=O) groups excluding carboxylic acids is 1. The van der Waals surface area contributed by atoms with Crippen molar-refractivity contribution in [3.8, 4) is 17.6 Å². The number of hydrogen-bond acceptors (Lipinski definition) is 9. The molecule has 0 unspecified atom stereocenters. The smallest absolute Gasteiger partial charge is 0.410 e. The van der Waals surface area contributed by atoms with Gasteiger partial charge in [-0.25, -0.2) is 26.8 Å². The van der Waals surface area contributed by atoms with Gasteiger partial charge in [0.1, 0.15) is 11.9 Å². The van der Waals surface area contributed by atoms with Crippen LogP contribution in [0.25, 0.3) is 0 Å². The fourth-order valence-corrected chi connectivity index (χ4v) is 7.02. The summed E-state index contributed by atoms with van der Waals surface area (Å²) >= 11 is 0. The van der Waals surface area contributed by atoms with Crippen LogP contribution in [0.15, 0.2) is 76.5 Å². The van der Waals surface area contributed by atoms with Gasteiger partial charge in [0.25, 0.3) is 10.0 Å². The third-order valence-corrected chi connectivity index (χ3v) is 10.2. The van der Waals surface area contributed by atoms with E-state index in [1.54, 1.807) is 17.0 Å². The number of amides is 1. The number of ether oxygens (including phenoxy) is 4. The molecule has 2 heterocycles. The zero-order chi connectivity index (χ0) is 35.1. The molecule has 2 aliphatic heterocycles. The van der Waals surface area contributed by atoms with Gasteiger partial charge in [-0.15, -0.1) is 0 Å². The average Bonchev–Trinajstić information content (AvgIpc) is 3.42. The maximum absolute atomic E-state index is 12.9. The summed E-state index contributed by atoms with van der Waals surface area (Å²) in [6.07, 6.45) is 3.58. The van der Waals surface area contributed by atoms with E-state index < -0.39 is 25.8 Å². The molecule has 0 aliphatic carbocycles. The SMILES string of the molecule is CC1(C)OCc2cc([C@@H]3CN(CCCCCCOCCC#Cc4cccc(S(=O)(=O)Nc5cccc(S(N)(=O)=O)c5)c4)C(=O)O3)ccc2O1. The zero-order valence-corrected chi connectivity index (χ0v) is 29.1. The molecule has 5 rings (SSSR count). The molecule has 0 spiro atoms. The lowest BCUT2D eigenvalue weighted by molar-refractivity contribution is -0.180. The highest BCUT2D eigenvalue weighted by molar-refractivity contribution is 7.92. The van der Waals surface area contributed by atoms with Crippen molar-refractivity contribution in [2.24, 2.45) is 5.14 Å². The van der Waals surface area contributed by atoms with Crippen molar-refractivity contribution in [1.82, 2.24) is 4.90 Å². The molecule has 262 valence electrons. The molecule has 3 aromatic carbocycles. The van der Waals surface area contributed by atoms with Crippen LogP contribution in [0.3, 0.4) is 0 Å². The van der Waals surface area contributed by atoms with Gasteiger partial charge in [0.05, 0.1) is 35.2 Å². The van der Waals surface area contributed by atoms with Gasteiger partial charge in [0, 0.05) is 44.5 Å². The number of sulfonamides is 2. The van der Waals surface area contributed by atoms with E-state index in [4.69, 9.17) is 24.1 Å². The lowest BCUT2D eigenvalue weighted by Crippen LogP contribution is -2.35. The van der Waals surface area contributed by atoms with Crippen molar-refractivity contribution in [2.45, 2.75) is 74.2 Å². The summed E-state index contributed by atoms with van der Waals surface area (Å²) in [5.74, 6) is 6.09. The number of nitrogens with zero attached hydrogens (tertiary/aromatic N) is 1. The van der Waals surface area contributed by atoms with Gasteiger partial charge in [-0.05, 0) is 66.9 Å². The van der Waals surface area contributed by atoms with Gasteiger partial charge in [-0.2, -0.15) is 0 Å². The van der Waals surface area contributed by atoms with Crippen LogP contribution in [-0.4, -0.2) is 59.9 Å². The van der Waals surface area contributed by atoms with E-state index >= 15 is 0 Å². The Balaban J connectivity index is 0.961. The molecular formula is C35H41N3O9S2. The minimum Gasteiger partial charge on any atom is -0.463 e. The molecule has 0 radical (unpaired) electrons. The number of anilines is 1. The minimum absolute atomic E-state index is 0.0114. The highest BCUT2D eigenvalue weighted by Gasteiger charge is 2.33. The highest BCUT2D eigenvalue weighted by Crippen LogP contribution is 2.35. The normalized spacial score (nSPS) is 17.0. The van der Waals surface area contributed by atoms with Crippen LogP contribution in [0.4, 0.5) is 10.5 Å². The summed E-state index contributed by atoms with van der Waals surface area (Å²) in [5.41, 5.74) is 2.47. The quantitative estimate of drug-likeness (QED) is 0.167. The predicted molar refractivity (Wildman–Crippen MR) is 183 cm³/mol. The van der Waals surface area contributed by atoms with Crippen molar-refractivity contribution in [2.75, 3.05) is 31.0 Å². The number of hydrogen-bond donors (Lipinski definition) is 2. The van der Waals surface area contributed by atoms with Crippen molar-refractivity contribution >= 4 is 31.8 Å². The second-order valence-electron chi connectivity index (χ2n) is 12.3. The number of fused-ring (bicyclic) bond motifs is 1. The average molecular weight is 712 g/mol.